The molecule has 0 amide bonds. The van der Waals surface area contributed by atoms with Crippen molar-refractivity contribution in [2.24, 2.45) is 10.8 Å². The lowest BCUT2D eigenvalue weighted by Gasteiger charge is -2.18. The number of hydrogen-bond acceptors (Lipinski definition) is 4. The first kappa shape index (κ1) is 13.0. The summed E-state index contributed by atoms with van der Waals surface area (Å²) in [5, 5.41) is 0. The molecular formula is C12H20O4. The van der Waals surface area contributed by atoms with Crippen LogP contribution >= 0.6 is 0 Å². The minimum absolute atomic E-state index is 0.132. The van der Waals surface area contributed by atoms with E-state index in [-0.39, 0.29) is 24.0 Å². The van der Waals surface area contributed by atoms with Gasteiger partial charge in [-0.1, -0.05) is 20.8 Å². The van der Waals surface area contributed by atoms with Gasteiger partial charge in [-0.05, 0) is 18.3 Å². The highest BCUT2D eigenvalue weighted by Gasteiger charge is 2.68. The molecule has 1 aliphatic carbocycles. The van der Waals surface area contributed by atoms with Crippen molar-refractivity contribution in [2.45, 2.75) is 40.5 Å². The largest absolute Gasteiger partial charge is 0.465 e. The molecular weight excluding hydrogens is 208 g/mol. The third-order valence-corrected chi connectivity index (χ3v) is 3.26. The Bertz CT molecular complexity index is 295. The molecule has 1 rings (SSSR count). The number of rotatable bonds is 5. The minimum Gasteiger partial charge on any atom is -0.465 e. The molecule has 4 nitrogen and oxygen atoms in total. The van der Waals surface area contributed by atoms with Crippen LogP contribution in [0.15, 0.2) is 0 Å². The Labute approximate surface area is 96.3 Å². The molecule has 0 aliphatic heterocycles. The van der Waals surface area contributed by atoms with Crippen molar-refractivity contribution in [3.63, 3.8) is 0 Å². The molecule has 0 saturated heterocycles. The maximum Gasteiger partial charge on any atom is 0.316 e. The Morgan fingerprint density at radius 2 is 1.81 bits per heavy atom. The van der Waals surface area contributed by atoms with E-state index in [2.05, 4.69) is 0 Å². The summed E-state index contributed by atoms with van der Waals surface area (Å²) in [6.07, 6.45) is 1.52. The summed E-state index contributed by atoms with van der Waals surface area (Å²) in [6, 6.07) is 0. The second-order valence-electron chi connectivity index (χ2n) is 5.06. The van der Waals surface area contributed by atoms with Crippen LogP contribution in [-0.4, -0.2) is 25.2 Å². The molecule has 1 atom stereocenters. The molecule has 0 radical (unpaired) electrons. The Hall–Kier alpha value is -1.06. The van der Waals surface area contributed by atoms with Gasteiger partial charge in [0.25, 0.3) is 0 Å². The van der Waals surface area contributed by atoms with Crippen LogP contribution in [0.5, 0.6) is 0 Å². The van der Waals surface area contributed by atoms with Gasteiger partial charge in [0.05, 0.1) is 6.61 Å². The number of carbonyl (C=O) groups excluding carboxylic acids is 2. The second-order valence-corrected chi connectivity index (χ2v) is 5.06. The fourth-order valence-corrected chi connectivity index (χ4v) is 1.92. The molecule has 92 valence electrons. The van der Waals surface area contributed by atoms with E-state index in [1.165, 1.54) is 6.92 Å². The van der Waals surface area contributed by atoms with Crippen LogP contribution in [0.2, 0.25) is 0 Å². The average molecular weight is 228 g/mol. The van der Waals surface area contributed by atoms with E-state index in [4.69, 9.17) is 9.47 Å². The smallest absolute Gasteiger partial charge is 0.316 e. The fourth-order valence-electron chi connectivity index (χ4n) is 1.92. The van der Waals surface area contributed by atoms with E-state index in [0.29, 0.717) is 6.61 Å². The second kappa shape index (κ2) is 4.44. The molecule has 1 saturated carbocycles. The van der Waals surface area contributed by atoms with Crippen molar-refractivity contribution in [2.75, 3.05) is 13.2 Å². The van der Waals surface area contributed by atoms with Crippen molar-refractivity contribution >= 4 is 11.9 Å². The molecule has 4 heteroatoms. The van der Waals surface area contributed by atoms with E-state index < -0.39 is 5.41 Å². The highest BCUT2D eigenvalue weighted by atomic mass is 16.6. The predicted octanol–water partition coefficient (Wildman–Crippen LogP) is 1.92. The summed E-state index contributed by atoms with van der Waals surface area (Å²) in [6.45, 7) is 7.84. The average Bonchev–Trinajstić information content (AvgIpc) is 2.76. The van der Waals surface area contributed by atoms with Gasteiger partial charge in [-0.3, -0.25) is 9.59 Å². The normalized spacial score (nSPS) is 26.0. The number of carbonyl (C=O) groups is 2. The van der Waals surface area contributed by atoms with Gasteiger partial charge in [-0.15, -0.1) is 0 Å². The third kappa shape index (κ3) is 2.36. The zero-order valence-electron chi connectivity index (χ0n) is 10.5. The summed E-state index contributed by atoms with van der Waals surface area (Å²) in [4.78, 5) is 22.7. The van der Waals surface area contributed by atoms with Gasteiger partial charge in [0, 0.05) is 6.92 Å². The molecule has 0 bridgehead atoms. The monoisotopic (exact) mass is 228 g/mol. The lowest BCUT2D eigenvalue weighted by molar-refractivity contribution is -0.158. The molecule has 0 N–H and O–H groups in total. The van der Waals surface area contributed by atoms with E-state index in [9.17, 15) is 9.59 Å². The number of ether oxygens (including phenoxy) is 2. The summed E-state index contributed by atoms with van der Waals surface area (Å²) in [7, 11) is 0. The lowest BCUT2D eigenvalue weighted by atomic mass is 9.97. The minimum atomic E-state index is -0.617. The highest BCUT2D eigenvalue weighted by Crippen LogP contribution is 2.64. The van der Waals surface area contributed by atoms with Crippen LogP contribution in [0.25, 0.3) is 0 Å². The Morgan fingerprint density at radius 3 is 2.19 bits per heavy atom. The standard InChI is InChI=1S/C12H20O4/c1-5-6-15-10(14)12(7-11(12,3)4)8-16-9(2)13/h5-8H2,1-4H3. The molecule has 1 fully saturated rings. The maximum atomic E-state index is 11.9. The lowest BCUT2D eigenvalue weighted by Crippen LogP contribution is -2.30. The molecule has 0 aromatic carbocycles. The predicted molar refractivity (Wildman–Crippen MR) is 58.7 cm³/mol. The Kier molecular flexibility index (Phi) is 3.61. The number of hydrogen-bond donors (Lipinski definition) is 0. The van der Waals surface area contributed by atoms with Crippen molar-refractivity contribution in [3.05, 3.63) is 0 Å². The Morgan fingerprint density at radius 1 is 1.25 bits per heavy atom. The number of esters is 2. The van der Waals surface area contributed by atoms with Gasteiger partial charge in [0.2, 0.25) is 0 Å². The first-order valence-corrected chi connectivity index (χ1v) is 5.66. The van der Waals surface area contributed by atoms with Crippen LogP contribution < -0.4 is 0 Å². The molecule has 0 aromatic heterocycles. The molecule has 1 unspecified atom stereocenters. The molecule has 0 aromatic rings. The van der Waals surface area contributed by atoms with Crippen LogP contribution in [0.4, 0.5) is 0 Å². The van der Waals surface area contributed by atoms with E-state index in [1.54, 1.807) is 0 Å². The van der Waals surface area contributed by atoms with Gasteiger partial charge >= 0.3 is 11.9 Å². The summed E-state index contributed by atoms with van der Waals surface area (Å²) in [5.41, 5.74) is -0.749. The summed E-state index contributed by atoms with van der Waals surface area (Å²) in [5.74, 6) is -0.592. The fraction of sp³-hybridized carbons (Fsp3) is 0.833. The van der Waals surface area contributed by atoms with Gasteiger partial charge < -0.3 is 9.47 Å². The summed E-state index contributed by atoms with van der Waals surface area (Å²) < 4.78 is 10.1. The van der Waals surface area contributed by atoms with E-state index >= 15 is 0 Å². The highest BCUT2D eigenvalue weighted by molar-refractivity contribution is 5.82. The SMILES string of the molecule is CCCOC(=O)C1(COC(C)=O)CC1(C)C. The van der Waals surface area contributed by atoms with Gasteiger partial charge in [0.15, 0.2) is 0 Å². The summed E-state index contributed by atoms with van der Waals surface area (Å²) >= 11 is 0. The molecule has 16 heavy (non-hydrogen) atoms. The first-order chi connectivity index (χ1) is 7.35. The quantitative estimate of drug-likeness (QED) is 0.674. The molecule has 1 aliphatic rings. The van der Waals surface area contributed by atoms with Crippen molar-refractivity contribution in [1.29, 1.82) is 0 Å². The zero-order valence-corrected chi connectivity index (χ0v) is 10.5. The van der Waals surface area contributed by atoms with Gasteiger partial charge in [0.1, 0.15) is 12.0 Å². The van der Waals surface area contributed by atoms with Crippen LogP contribution in [0, 0.1) is 10.8 Å². The Balaban J connectivity index is 2.61. The first-order valence-electron chi connectivity index (χ1n) is 5.66. The van der Waals surface area contributed by atoms with Gasteiger partial charge in [-0.2, -0.15) is 0 Å². The topological polar surface area (TPSA) is 52.6 Å². The van der Waals surface area contributed by atoms with Crippen molar-refractivity contribution in [1.82, 2.24) is 0 Å². The molecule has 0 spiro atoms. The van der Waals surface area contributed by atoms with Gasteiger partial charge in [-0.25, -0.2) is 0 Å². The van der Waals surface area contributed by atoms with Crippen LogP contribution in [0.3, 0.4) is 0 Å². The third-order valence-electron chi connectivity index (χ3n) is 3.26. The molecule has 0 heterocycles. The van der Waals surface area contributed by atoms with Crippen molar-refractivity contribution < 1.29 is 19.1 Å². The van der Waals surface area contributed by atoms with Crippen molar-refractivity contribution in [3.8, 4) is 0 Å². The van der Waals surface area contributed by atoms with Crippen LogP contribution in [-0.2, 0) is 19.1 Å². The zero-order chi connectivity index (χ0) is 12.4. The maximum absolute atomic E-state index is 11.9. The van der Waals surface area contributed by atoms with E-state index in [1.807, 2.05) is 20.8 Å². The van der Waals surface area contributed by atoms with Crippen LogP contribution in [0.1, 0.15) is 40.5 Å². The van der Waals surface area contributed by atoms with E-state index in [0.717, 1.165) is 12.8 Å².